The Morgan fingerprint density at radius 1 is 1.00 bits per heavy atom. The minimum absolute atomic E-state index is 0.0158. The molecule has 178 valence electrons. The first-order valence-corrected chi connectivity index (χ1v) is 10.8. The van der Waals surface area contributed by atoms with Crippen LogP contribution < -0.4 is 16.6 Å². The molecule has 0 bridgehead atoms. The summed E-state index contributed by atoms with van der Waals surface area (Å²) in [6, 6.07) is 17.1. The number of esters is 1. The van der Waals surface area contributed by atoms with Crippen LogP contribution in [0, 0.1) is 0 Å². The van der Waals surface area contributed by atoms with Crippen LogP contribution in [0.4, 0.5) is 5.82 Å². The highest BCUT2D eigenvalue weighted by Gasteiger charge is 2.21. The zero-order valence-corrected chi connectivity index (χ0v) is 19.5. The number of nitrogens with zero attached hydrogens (tertiary/aromatic N) is 4. The van der Waals surface area contributed by atoms with Crippen molar-refractivity contribution in [2.45, 2.75) is 0 Å². The number of para-hydroxylation sites is 1. The fourth-order valence-electron chi connectivity index (χ4n) is 3.30. The normalized spacial score (nSPS) is 10.7. The number of amides is 1. The summed E-state index contributed by atoms with van der Waals surface area (Å²) in [4.78, 5) is 49.2. The molecule has 2 aromatic heterocycles. The molecule has 0 saturated heterocycles. The fraction of sp³-hybridized carbons (Fsp3) is 0.125. The maximum Gasteiger partial charge on any atom is 0.342 e. The molecule has 1 amide bonds. The lowest BCUT2D eigenvalue weighted by Crippen LogP contribution is -2.38. The van der Waals surface area contributed by atoms with Gasteiger partial charge in [0, 0.05) is 36.9 Å². The topological polar surface area (TPSA) is 117 Å². The molecule has 0 radical (unpaired) electrons. The van der Waals surface area contributed by atoms with E-state index in [1.807, 2.05) is 30.3 Å². The van der Waals surface area contributed by atoms with Gasteiger partial charge in [0.25, 0.3) is 11.5 Å². The van der Waals surface area contributed by atoms with Crippen molar-refractivity contribution in [2.24, 2.45) is 14.1 Å². The number of anilines is 1. The summed E-state index contributed by atoms with van der Waals surface area (Å²) in [7, 11) is 2.73. The van der Waals surface area contributed by atoms with E-state index in [0.717, 1.165) is 20.9 Å². The summed E-state index contributed by atoms with van der Waals surface area (Å²) >= 11 is 5.99. The molecular formula is C24H20ClN5O5. The molecule has 35 heavy (non-hydrogen) atoms. The van der Waals surface area contributed by atoms with E-state index in [1.54, 1.807) is 24.3 Å². The van der Waals surface area contributed by atoms with Gasteiger partial charge in [-0.05, 0) is 24.3 Å². The minimum Gasteiger partial charge on any atom is -0.452 e. The maximum atomic E-state index is 12.9. The smallest absolute Gasteiger partial charge is 0.342 e. The summed E-state index contributed by atoms with van der Waals surface area (Å²) in [6.07, 6.45) is 1.52. The Kier molecular flexibility index (Phi) is 6.65. The predicted octanol–water partition coefficient (Wildman–Crippen LogP) is 2.39. The number of carbonyl (C=O) groups excluding carboxylic acids is 2. The molecule has 2 aromatic carbocycles. The van der Waals surface area contributed by atoms with Crippen LogP contribution >= 0.6 is 11.6 Å². The van der Waals surface area contributed by atoms with Gasteiger partial charge in [-0.1, -0.05) is 41.9 Å². The number of nitrogens with one attached hydrogen (secondary N) is 1. The number of rotatable bonds is 6. The molecule has 10 nitrogen and oxygen atoms in total. The molecule has 4 aromatic rings. The summed E-state index contributed by atoms with van der Waals surface area (Å²) in [5, 5.41) is 7.47. The monoisotopic (exact) mass is 493 g/mol. The number of aromatic nitrogens is 4. The van der Waals surface area contributed by atoms with Crippen molar-refractivity contribution in [3.05, 3.63) is 98.3 Å². The summed E-state index contributed by atoms with van der Waals surface area (Å²) in [5.74, 6) is -1.51. The number of halogens is 1. The third-order valence-electron chi connectivity index (χ3n) is 5.20. The standard InChI is InChI=1S/C24H20ClN5O5/c1-28-19(12-21(32)29(2)24(28)34)26-20(31)14-35-23(33)18-13-30(17-6-4-3-5-7-17)27-22(18)15-8-10-16(25)11-9-15/h3-13H,14H2,1-2H3,(H,26,31). The van der Waals surface area contributed by atoms with E-state index in [9.17, 15) is 19.2 Å². The van der Waals surface area contributed by atoms with Gasteiger partial charge in [0.2, 0.25) is 0 Å². The van der Waals surface area contributed by atoms with E-state index in [0.29, 0.717) is 16.3 Å². The van der Waals surface area contributed by atoms with Crippen molar-refractivity contribution in [3.8, 4) is 16.9 Å². The van der Waals surface area contributed by atoms with Crippen LogP contribution in [0.3, 0.4) is 0 Å². The van der Waals surface area contributed by atoms with E-state index in [-0.39, 0.29) is 11.4 Å². The average molecular weight is 494 g/mol. The Labute approximate surface area is 204 Å². The van der Waals surface area contributed by atoms with Gasteiger partial charge in [-0.25, -0.2) is 14.3 Å². The van der Waals surface area contributed by atoms with Crippen molar-refractivity contribution < 1.29 is 14.3 Å². The number of hydrogen-bond donors (Lipinski definition) is 1. The molecule has 2 heterocycles. The lowest BCUT2D eigenvalue weighted by atomic mass is 10.1. The molecule has 0 atom stereocenters. The maximum absolute atomic E-state index is 12.9. The molecule has 0 fully saturated rings. The van der Waals surface area contributed by atoms with Crippen molar-refractivity contribution in [3.63, 3.8) is 0 Å². The molecule has 0 aliphatic rings. The van der Waals surface area contributed by atoms with Gasteiger partial charge in [0.05, 0.1) is 5.69 Å². The molecule has 0 unspecified atom stereocenters. The van der Waals surface area contributed by atoms with Crippen LogP contribution in [-0.2, 0) is 23.6 Å². The molecule has 0 spiro atoms. The van der Waals surface area contributed by atoms with E-state index < -0.39 is 29.7 Å². The van der Waals surface area contributed by atoms with Crippen molar-refractivity contribution >= 4 is 29.3 Å². The number of hydrogen-bond acceptors (Lipinski definition) is 6. The van der Waals surface area contributed by atoms with Crippen molar-refractivity contribution in [1.29, 1.82) is 0 Å². The van der Waals surface area contributed by atoms with Gasteiger partial charge in [0.1, 0.15) is 17.1 Å². The Morgan fingerprint density at radius 2 is 1.69 bits per heavy atom. The third-order valence-corrected chi connectivity index (χ3v) is 5.45. The number of ether oxygens (including phenoxy) is 1. The molecule has 4 rings (SSSR count). The second kappa shape index (κ2) is 9.82. The zero-order valence-electron chi connectivity index (χ0n) is 18.8. The molecule has 0 aliphatic heterocycles. The second-order valence-corrected chi connectivity index (χ2v) is 8.01. The third kappa shape index (κ3) is 5.07. The highest BCUT2D eigenvalue weighted by Crippen LogP contribution is 2.26. The lowest BCUT2D eigenvalue weighted by molar-refractivity contribution is -0.119. The van der Waals surface area contributed by atoms with Crippen molar-refractivity contribution in [2.75, 3.05) is 11.9 Å². The van der Waals surface area contributed by atoms with E-state index in [4.69, 9.17) is 16.3 Å². The molecule has 1 N–H and O–H groups in total. The van der Waals surface area contributed by atoms with Gasteiger partial charge in [-0.3, -0.25) is 18.7 Å². The first-order valence-electron chi connectivity index (χ1n) is 10.4. The van der Waals surface area contributed by atoms with Crippen LogP contribution in [0.15, 0.2) is 76.4 Å². The largest absolute Gasteiger partial charge is 0.452 e. The second-order valence-electron chi connectivity index (χ2n) is 7.57. The van der Waals surface area contributed by atoms with Crippen LogP contribution in [-0.4, -0.2) is 37.4 Å². The Bertz CT molecular complexity index is 1520. The lowest BCUT2D eigenvalue weighted by Gasteiger charge is -2.11. The van der Waals surface area contributed by atoms with Gasteiger partial charge in [-0.2, -0.15) is 5.10 Å². The van der Waals surface area contributed by atoms with Crippen molar-refractivity contribution in [1.82, 2.24) is 18.9 Å². The Hall–Kier alpha value is -4.44. The molecule has 0 aliphatic carbocycles. The van der Waals surface area contributed by atoms with Crippen LogP contribution in [0.25, 0.3) is 16.9 Å². The fourth-order valence-corrected chi connectivity index (χ4v) is 3.42. The Balaban J connectivity index is 1.56. The number of carbonyl (C=O) groups is 2. The highest BCUT2D eigenvalue weighted by atomic mass is 35.5. The van der Waals surface area contributed by atoms with Gasteiger partial charge in [0.15, 0.2) is 6.61 Å². The van der Waals surface area contributed by atoms with Gasteiger partial charge < -0.3 is 10.1 Å². The van der Waals surface area contributed by atoms with E-state index in [2.05, 4.69) is 10.4 Å². The summed E-state index contributed by atoms with van der Waals surface area (Å²) in [6.45, 7) is -0.640. The number of benzene rings is 2. The predicted molar refractivity (Wildman–Crippen MR) is 130 cm³/mol. The molecule has 0 saturated carbocycles. The van der Waals surface area contributed by atoms with E-state index in [1.165, 1.54) is 25.0 Å². The average Bonchev–Trinajstić information content (AvgIpc) is 3.31. The van der Waals surface area contributed by atoms with Gasteiger partial charge >= 0.3 is 11.7 Å². The van der Waals surface area contributed by atoms with Crippen LogP contribution in [0.2, 0.25) is 5.02 Å². The zero-order chi connectivity index (χ0) is 25.1. The minimum atomic E-state index is -0.773. The van der Waals surface area contributed by atoms with Gasteiger partial charge in [-0.15, -0.1) is 0 Å². The van der Waals surface area contributed by atoms with E-state index >= 15 is 0 Å². The quantitative estimate of drug-likeness (QED) is 0.412. The first kappa shape index (κ1) is 23.7. The summed E-state index contributed by atoms with van der Waals surface area (Å²) in [5.41, 5.74) is 0.670. The van der Waals surface area contributed by atoms with Crippen LogP contribution in [0.5, 0.6) is 0 Å². The molecule has 11 heteroatoms. The van der Waals surface area contributed by atoms with Crippen LogP contribution in [0.1, 0.15) is 10.4 Å². The summed E-state index contributed by atoms with van der Waals surface area (Å²) < 4.78 is 8.76. The Morgan fingerprint density at radius 3 is 2.37 bits per heavy atom. The SMILES string of the molecule is Cn1c(NC(=O)COC(=O)c2cn(-c3ccccc3)nc2-c2ccc(Cl)cc2)cc(=O)n(C)c1=O. The first-order chi connectivity index (χ1) is 16.7. The highest BCUT2D eigenvalue weighted by molar-refractivity contribution is 6.30. The molecular weight excluding hydrogens is 474 g/mol.